The van der Waals surface area contributed by atoms with Crippen LogP contribution in [0, 0.1) is 11.6 Å². The molecule has 0 unspecified atom stereocenters. The minimum absolute atomic E-state index is 0.402. The van der Waals surface area contributed by atoms with Crippen LogP contribution in [0.3, 0.4) is 0 Å². The zero-order chi connectivity index (χ0) is 17.1. The van der Waals surface area contributed by atoms with Crippen molar-refractivity contribution in [2.75, 3.05) is 18.0 Å². The van der Waals surface area contributed by atoms with E-state index in [0.29, 0.717) is 12.1 Å². The molecule has 1 fully saturated rings. The van der Waals surface area contributed by atoms with Crippen LogP contribution < -0.4 is 10.2 Å². The van der Waals surface area contributed by atoms with Crippen molar-refractivity contribution in [2.24, 2.45) is 0 Å². The lowest BCUT2D eigenvalue weighted by Crippen LogP contribution is -2.42. The number of hydrogen-bond donors (Lipinski definition) is 1. The summed E-state index contributed by atoms with van der Waals surface area (Å²) in [6.45, 7) is 6.71. The van der Waals surface area contributed by atoms with Gasteiger partial charge < -0.3 is 14.8 Å². The molecule has 2 aromatic rings. The SMILES string of the molecule is CC(C)n1ccnc1CNC1CCN(c2ccc(F)c(F)c2)CC1. The van der Waals surface area contributed by atoms with E-state index in [1.165, 1.54) is 12.1 Å². The van der Waals surface area contributed by atoms with Crippen LogP contribution in [0.5, 0.6) is 0 Å². The number of nitrogens with zero attached hydrogens (tertiary/aromatic N) is 3. The summed E-state index contributed by atoms with van der Waals surface area (Å²) in [5.74, 6) is -0.530. The highest BCUT2D eigenvalue weighted by Gasteiger charge is 2.20. The monoisotopic (exact) mass is 334 g/mol. The van der Waals surface area contributed by atoms with Gasteiger partial charge in [0.2, 0.25) is 0 Å². The molecule has 1 aliphatic rings. The van der Waals surface area contributed by atoms with Gasteiger partial charge in [-0.3, -0.25) is 0 Å². The van der Waals surface area contributed by atoms with Crippen molar-refractivity contribution in [2.45, 2.75) is 45.3 Å². The summed E-state index contributed by atoms with van der Waals surface area (Å²) in [6.07, 6.45) is 5.79. The largest absolute Gasteiger partial charge is 0.371 e. The lowest BCUT2D eigenvalue weighted by atomic mass is 10.0. The van der Waals surface area contributed by atoms with Gasteiger partial charge in [-0.05, 0) is 38.8 Å². The molecule has 0 atom stereocenters. The number of nitrogens with one attached hydrogen (secondary N) is 1. The fourth-order valence-electron chi connectivity index (χ4n) is 3.21. The average Bonchev–Trinajstić information content (AvgIpc) is 3.05. The van der Waals surface area contributed by atoms with Crippen LogP contribution in [0.2, 0.25) is 0 Å². The lowest BCUT2D eigenvalue weighted by Gasteiger charge is -2.34. The van der Waals surface area contributed by atoms with E-state index in [2.05, 4.69) is 33.6 Å². The predicted octanol–water partition coefficient (Wildman–Crippen LogP) is 3.50. The second-order valence-corrected chi connectivity index (χ2v) is 6.59. The van der Waals surface area contributed by atoms with Crippen LogP contribution in [0.1, 0.15) is 38.6 Å². The molecule has 1 aliphatic heterocycles. The van der Waals surface area contributed by atoms with E-state index >= 15 is 0 Å². The summed E-state index contributed by atoms with van der Waals surface area (Å²) in [5.41, 5.74) is 0.753. The molecule has 1 aromatic carbocycles. The first kappa shape index (κ1) is 16.9. The molecule has 4 nitrogen and oxygen atoms in total. The Bertz CT molecular complexity index is 675. The summed E-state index contributed by atoms with van der Waals surface area (Å²) in [4.78, 5) is 6.52. The van der Waals surface area contributed by atoms with Crippen molar-refractivity contribution < 1.29 is 8.78 Å². The molecule has 3 rings (SSSR count). The van der Waals surface area contributed by atoms with E-state index in [0.717, 1.165) is 44.0 Å². The highest BCUT2D eigenvalue weighted by Crippen LogP contribution is 2.22. The molecule has 24 heavy (non-hydrogen) atoms. The van der Waals surface area contributed by atoms with Crippen molar-refractivity contribution in [3.8, 4) is 0 Å². The van der Waals surface area contributed by atoms with Crippen LogP contribution in [-0.4, -0.2) is 28.7 Å². The maximum absolute atomic E-state index is 13.4. The third-order valence-corrected chi connectivity index (χ3v) is 4.62. The van der Waals surface area contributed by atoms with E-state index in [4.69, 9.17) is 0 Å². The summed E-state index contributed by atoms with van der Waals surface area (Å²) < 4.78 is 28.6. The first-order chi connectivity index (χ1) is 11.5. The molecule has 1 N–H and O–H groups in total. The third kappa shape index (κ3) is 3.75. The fraction of sp³-hybridized carbons (Fsp3) is 0.500. The van der Waals surface area contributed by atoms with Gasteiger partial charge in [0, 0.05) is 49.3 Å². The van der Waals surface area contributed by atoms with Gasteiger partial charge in [-0.2, -0.15) is 0 Å². The zero-order valence-electron chi connectivity index (χ0n) is 14.2. The van der Waals surface area contributed by atoms with Crippen LogP contribution in [0.4, 0.5) is 14.5 Å². The van der Waals surface area contributed by atoms with Crippen LogP contribution in [0.25, 0.3) is 0 Å². The normalized spacial score (nSPS) is 16.1. The quantitative estimate of drug-likeness (QED) is 0.908. The van der Waals surface area contributed by atoms with Gasteiger partial charge in [0.25, 0.3) is 0 Å². The number of benzene rings is 1. The molecule has 0 amide bonds. The smallest absolute Gasteiger partial charge is 0.160 e. The number of anilines is 1. The average molecular weight is 334 g/mol. The van der Waals surface area contributed by atoms with Crippen molar-refractivity contribution in [3.63, 3.8) is 0 Å². The number of halogens is 2. The van der Waals surface area contributed by atoms with Gasteiger partial charge >= 0.3 is 0 Å². The first-order valence-corrected chi connectivity index (χ1v) is 8.49. The molecular formula is C18H24F2N4. The highest BCUT2D eigenvalue weighted by molar-refractivity contribution is 5.47. The van der Waals surface area contributed by atoms with Crippen molar-refractivity contribution in [1.29, 1.82) is 0 Å². The molecule has 6 heteroatoms. The number of hydrogen-bond acceptors (Lipinski definition) is 3. The minimum Gasteiger partial charge on any atom is -0.371 e. The van der Waals surface area contributed by atoms with Crippen LogP contribution >= 0.6 is 0 Å². The first-order valence-electron chi connectivity index (χ1n) is 8.49. The van der Waals surface area contributed by atoms with Crippen LogP contribution in [0.15, 0.2) is 30.6 Å². The Balaban J connectivity index is 1.52. The van der Waals surface area contributed by atoms with E-state index in [9.17, 15) is 8.78 Å². The van der Waals surface area contributed by atoms with E-state index < -0.39 is 11.6 Å². The number of aromatic nitrogens is 2. The van der Waals surface area contributed by atoms with Gasteiger partial charge in [0.1, 0.15) is 5.82 Å². The molecule has 0 radical (unpaired) electrons. The Labute approximate surface area is 141 Å². The van der Waals surface area contributed by atoms with Gasteiger partial charge in [0.15, 0.2) is 11.6 Å². The molecule has 0 aliphatic carbocycles. The Morgan fingerprint density at radius 3 is 2.62 bits per heavy atom. The van der Waals surface area contributed by atoms with Crippen molar-refractivity contribution >= 4 is 5.69 Å². The molecule has 0 saturated carbocycles. The van der Waals surface area contributed by atoms with Gasteiger partial charge in [0.05, 0.1) is 6.54 Å². The Morgan fingerprint density at radius 1 is 1.21 bits per heavy atom. The standard InChI is InChI=1S/C18H24F2N4/c1-13(2)24-10-7-21-18(24)12-22-14-5-8-23(9-6-14)15-3-4-16(19)17(20)11-15/h3-4,7,10-11,13-14,22H,5-6,8-9,12H2,1-2H3. The predicted molar refractivity (Wildman–Crippen MR) is 91.0 cm³/mol. The summed E-state index contributed by atoms with van der Waals surface area (Å²) in [7, 11) is 0. The Morgan fingerprint density at radius 2 is 1.96 bits per heavy atom. The second-order valence-electron chi connectivity index (χ2n) is 6.59. The van der Waals surface area contributed by atoms with Gasteiger partial charge in [-0.25, -0.2) is 13.8 Å². The summed E-state index contributed by atoms with van der Waals surface area (Å²) in [5, 5.41) is 3.57. The Kier molecular flexibility index (Phi) is 5.14. The van der Waals surface area contributed by atoms with Gasteiger partial charge in [-0.1, -0.05) is 0 Å². The highest BCUT2D eigenvalue weighted by atomic mass is 19.2. The second kappa shape index (κ2) is 7.30. The lowest BCUT2D eigenvalue weighted by molar-refractivity contribution is 0.402. The topological polar surface area (TPSA) is 33.1 Å². The molecule has 1 saturated heterocycles. The third-order valence-electron chi connectivity index (χ3n) is 4.62. The molecular weight excluding hydrogens is 310 g/mol. The molecule has 130 valence electrons. The zero-order valence-corrected chi connectivity index (χ0v) is 14.2. The number of piperidine rings is 1. The fourth-order valence-corrected chi connectivity index (χ4v) is 3.21. The van der Waals surface area contributed by atoms with Crippen molar-refractivity contribution in [1.82, 2.24) is 14.9 Å². The molecule has 0 bridgehead atoms. The summed E-state index contributed by atoms with van der Waals surface area (Å²) in [6, 6.07) is 4.94. The number of rotatable bonds is 5. The van der Waals surface area contributed by atoms with E-state index in [1.807, 2.05) is 12.4 Å². The molecule has 1 aromatic heterocycles. The number of imidazole rings is 1. The maximum atomic E-state index is 13.4. The van der Waals surface area contributed by atoms with Gasteiger partial charge in [-0.15, -0.1) is 0 Å². The van der Waals surface area contributed by atoms with E-state index in [-0.39, 0.29) is 0 Å². The summed E-state index contributed by atoms with van der Waals surface area (Å²) >= 11 is 0. The molecule has 2 heterocycles. The Hall–Kier alpha value is -1.95. The maximum Gasteiger partial charge on any atom is 0.160 e. The van der Waals surface area contributed by atoms with E-state index in [1.54, 1.807) is 6.07 Å². The van der Waals surface area contributed by atoms with Crippen LogP contribution in [-0.2, 0) is 6.54 Å². The van der Waals surface area contributed by atoms with Crippen molar-refractivity contribution in [3.05, 3.63) is 48.1 Å². The molecule has 0 spiro atoms. The minimum atomic E-state index is -0.795.